The van der Waals surface area contributed by atoms with Crippen LogP contribution >= 0.6 is 11.3 Å². The van der Waals surface area contributed by atoms with E-state index in [0.29, 0.717) is 10.7 Å². The molecular formula is C11H10N4O3S. The number of thiazole rings is 1. The van der Waals surface area contributed by atoms with Gasteiger partial charge in [0.2, 0.25) is 5.13 Å². The maximum atomic E-state index is 10.5. The Hall–Kier alpha value is -2.48. The van der Waals surface area contributed by atoms with Crippen LogP contribution in [0.1, 0.15) is 11.3 Å². The van der Waals surface area contributed by atoms with Crippen LogP contribution in [0.5, 0.6) is 5.75 Å². The van der Waals surface area contributed by atoms with Gasteiger partial charge in [-0.15, -0.1) is 11.3 Å². The zero-order valence-electron chi connectivity index (χ0n) is 9.90. The smallest absolute Gasteiger partial charge is 0.273 e. The first-order chi connectivity index (χ1) is 9.06. The van der Waals surface area contributed by atoms with Crippen LogP contribution in [0.3, 0.4) is 0 Å². The van der Waals surface area contributed by atoms with Gasteiger partial charge in [-0.25, -0.2) is 4.98 Å². The molecule has 1 aromatic heterocycles. The van der Waals surface area contributed by atoms with Gasteiger partial charge in [0.25, 0.3) is 5.69 Å². The van der Waals surface area contributed by atoms with E-state index in [1.54, 1.807) is 0 Å². The fourth-order valence-corrected chi connectivity index (χ4v) is 1.95. The third kappa shape index (κ3) is 3.26. The van der Waals surface area contributed by atoms with E-state index >= 15 is 0 Å². The molecule has 1 heterocycles. The first-order valence-electron chi connectivity index (χ1n) is 5.25. The second-order valence-electron chi connectivity index (χ2n) is 3.66. The Morgan fingerprint density at radius 3 is 2.95 bits per heavy atom. The standard InChI is InChI=1S/C11H10N4O3S/c1-7-6-19-11(13-7)14-12-5-8-2-3-9(15(17)18)4-10(8)16/h2-6,16H,1H3,(H,13,14)/b12-5-. The fraction of sp³-hybridized carbons (Fsp3) is 0.0909. The van der Waals surface area contributed by atoms with Gasteiger partial charge in [0.1, 0.15) is 5.75 Å². The number of benzene rings is 1. The highest BCUT2D eigenvalue weighted by molar-refractivity contribution is 7.13. The predicted octanol–water partition coefficient (Wildman–Crippen LogP) is 2.51. The molecule has 0 atom stereocenters. The second-order valence-corrected chi connectivity index (χ2v) is 4.52. The zero-order chi connectivity index (χ0) is 13.8. The van der Waals surface area contributed by atoms with Gasteiger partial charge in [0.05, 0.1) is 22.9 Å². The summed E-state index contributed by atoms with van der Waals surface area (Å²) in [4.78, 5) is 14.1. The largest absolute Gasteiger partial charge is 0.507 e. The molecule has 0 spiro atoms. The molecule has 0 bridgehead atoms. The Morgan fingerprint density at radius 2 is 2.37 bits per heavy atom. The first kappa shape index (κ1) is 13.0. The number of phenols is 1. The molecular weight excluding hydrogens is 268 g/mol. The fourth-order valence-electron chi connectivity index (χ4n) is 1.32. The molecule has 19 heavy (non-hydrogen) atoms. The molecule has 0 unspecified atom stereocenters. The molecule has 0 amide bonds. The van der Waals surface area contributed by atoms with Crippen LogP contribution in [-0.2, 0) is 0 Å². The van der Waals surface area contributed by atoms with Crippen LogP contribution in [0.25, 0.3) is 0 Å². The number of nitrogens with one attached hydrogen (secondary N) is 1. The highest BCUT2D eigenvalue weighted by Crippen LogP contribution is 2.22. The third-order valence-electron chi connectivity index (χ3n) is 2.21. The molecule has 2 N–H and O–H groups in total. The second kappa shape index (κ2) is 5.44. The summed E-state index contributed by atoms with van der Waals surface area (Å²) in [6, 6.07) is 3.80. The van der Waals surface area contributed by atoms with E-state index in [1.807, 2.05) is 12.3 Å². The van der Waals surface area contributed by atoms with Crippen LogP contribution in [0.15, 0.2) is 28.7 Å². The number of nitro benzene ring substituents is 1. The summed E-state index contributed by atoms with van der Waals surface area (Å²) in [7, 11) is 0. The SMILES string of the molecule is Cc1csc(N/N=C\c2ccc([N+](=O)[O-])cc2O)n1. The van der Waals surface area contributed by atoms with Crippen molar-refractivity contribution in [1.29, 1.82) is 0 Å². The number of nitro groups is 1. The van der Waals surface area contributed by atoms with E-state index in [-0.39, 0.29) is 11.4 Å². The Labute approximate surface area is 112 Å². The average molecular weight is 278 g/mol. The first-order valence-corrected chi connectivity index (χ1v) is 6.13. The lowest BCUT2D eigenvalue weighted by Crippen LogP contribution is -1.92. The number of aromatic nitrogens is 1. The highest BCUT2D eigenvalue weighted by Gasteiger charge is 2.08. The van der Waals surface area contributed by atoms with Gasteiger partial charge in [-0.3, -0.25) is 15.5 Å². The van der Waals surface area contributed by atoms with Gasteiger partial charge in [0.15, 0.2) is 0 Å². The number of anilines is 1. The van der Waals surface area contributed by atoms with E-state index in [0.717, 1.165) is 11.8 Å². The number of non-ortho nitro benzene ring substituents is 1. The van der Waals surface area contributed by atoms with Gasteiger partial charge >= 0.3 is 0 Å². The van der Waals surface area contributed by atoms with E-state index in [9.17, 15) is 15.2 Å². The van der Waals surface area contributed by atoms with Crippen molar-refractivity contribution in [3.8, 4) is 5.75 Å². The van der Waals surface area contributed by atoms with Crippen LogP contribution < -0.4 is 5.43 Å². The molecule has 98 valence electrons. The average Bonchev–Trinajstić information content (AvgIpc) is 2.77. The molecule has 2 aromatic rings. The Bertz CT molecular complexity index is 639. The summed E-state index contributed by atoms with van der Waals surface area (Å²) < 4.78 is 0. The molecule has 8 heteroatoms. The molecule has 0 saturated heterocycles. The highest BCUT2D eigenvalue weighted by atomic mass is 32.1. The number of aryl methyl sites for hydroxylation is 1. The van der Waals surface area contributed by atoms with E-state index < -0.39 is 4.92 Å². The lowest BCUT2D eigenvalue weighted by atomic mass is 10.2. The van der Waals surface area contributed by atoms with Gasteiger partial charge in [-0.05, 0) is 13.0 Å². The topological polar surface area (TPSA) is 101 Å². The summed E-state index contributed by atoms with van der Waals surface area (Å²) in [5.74, 6) is -0.199. The van der Waals surface area contributed by atoms with Crippen molar-refractivity contribution >= 4 is 28.4 Å². The summed E-state index contributed by atoms with van der Waals surface area (Å²) in [6.07, 6.45) is 1.37. The Morgan fingerprint density at radius 1 is 1.58 bits per heavy atom. The molecule has 0 aliphatic carbocycles. The number of hydrogen-bond acceptors (Lipinski definition) is 7. The van der Waals surface area contributed by atoms with E-state index in [4.69, 9.17) is 0 Å². The molecule has 0 aliphatic rings. The van der Waals surface area contributed by atoms with E-state index in [2.05, 4.69) is 15.5 Å². The molecule has 7 nitrogen and oxygen atoms in total. The number of phenolic OH excluding ortho intramolecular Hbond substituents is 1. The Balaban J connectivity index is 2.08. The van der Waals surface area contributed by atoms with Crippen LogP contribution in [-0.4, -0.2) is 21.2 Å². The van der Waals surface area contributed by atoms with Gasteiger partial charge in [-0.2, -0.15) is 5.10 Å². The number of aromatic hydroxyl groups is 1. The lowest BCUT2D eigenvalue weighted by molar-refractivity contribution is -0.384. The monoisotopic (exact) mass is 278 g/mol. The predicted molar refractivity (Wildman–Crippen MR) is 72.8 cm³/mol. The van der Waals surface area contributed by atoms with Crippen molar-refractivity contribution in [1.82, 2.24) is 4.98 Å². The maximum Gasteiger partial charge on any atom is 0.273 e. The van der Waals surface area contributed by atoms with Crippen molar-refractivity contribution < 1.29 is 10.0 Å². The molecule has 1 aromatic carbocycles. The van der Waals surface area contributed by atoms with Gasteiger partial charge in [-0.1, -0.05) is 0 Å². The normalized spacial score (nSPS) is 10.8. The summed E-state index contributed by atoms with van der Waals surface area (Å²) in [5, 5.41) is 26.5. The maximum absolute atomic E-state index is 10.5. The van der Waals surface area contributed by atoms with Crippen molar-refractivity contribution in [3.05, 3.63) is 45.0 Å². The number of rotatable bonds is 4. The molecule has 2 rings (SSSR count). The van der Waals surface area contributed by atoms with Crippen LogP contribution in [0.4, 0.5) is 10.8 Å². The van der Waals surface area contributed by atoms with Crippen LogP contribution in [0.2, 0.25) is 0 Å². The van der Waals surface area contributed by atoms with Crippen molar-refractivity contribution in [2.75, 3.05) is 5.43 Å². The van der Waals surface area contributed by atoms with E-state index in [1.165, 1.54) is 29.7 Å². The number of hydrazone groups is 1. The number of hydrogen-bond donors (Lipinski definition) is 2. The molecule has 0 fully saturated rings. The van der Waals surface area contributed by atoms with Crippen molar-refractivity contribution in [3.63, 3.8) is 0 Å². The lowest BCUT2D eigenvalue weighted by Gasteiger charge is -1.98. The zero-order valence-corrected chi connectivity index (χ0v) is 10.7. The minimum Gasteiger partial charge on any atom is -0.507 e. The van der Waals surface area contributed by atoms with Gasteiger partial charge < -0.3 is 5.11 Å². The van der Waals surface area contributed by atoms with Crippen molar-refractivity contribution in [2.45, 2.75) is 6.92 Å². The minimum absolute atomic E-state index is 0.168. The summed E-state index contributed by atoms with van der Waals surface area (Å²) in [6.45, 7) is 1.87. The Kier molecular flexibility index (Phi) is 3.71. The quantitative estimate of drug-likeness (QED) is 0.508. The molecule has 0 saturated carbocycles. The summed E-state index contributed by atoms with van der Waals surface area (Å²) in [5.41, 5.74) is 3.81. The van der Waals surface area contributed by atoms with Crippen molar-refractivity contribution in [2.24, 2.45) is 5.10 Å². The van der Waals surface area contributed by atoms with Crippen LogP contribution in [0, 0.1) is 17.0 Å². The summed E-state index contributed by atoms with van der Waals surface area (Å²) >= 11 is 1.41. The third-order valence-corrected chi connectivity index (χ3v) is 3.07. The minimum atomic E-state index is -0.572. The molecule has 0 radical (unpaired) electrons. The molecule has 0 aliphatic heterocycles. The van der Waals surface area contributed by atoms with Gasteiger partial charge in [0, 0.05) is 17.0 Å². The number of nitrogens with zero attached hydrogens (tertiary/aromatic N) is 3.